The van der Waals surface area contributed by atoms with Gasteiger partial charge in [0.25, 0.3) is 5.91 Å². The predicted molar refractivity (Wildman–Crippen MR) is 97.7 cm³/mol. The van der Waals surface area contributed by atoms with E-state index in [1.807, 2.05) is 6.07 Å². The number of amides is 1. The average molecular weight is 399 g/mol. The van der Waals surface area contributed by atoms with Gasteiger partial charge in [0.2, 0.25) is 0 Å². The lowest BCUT2D eigenvalue weighted by molar-refractivity contribution is -0.137. The number of carbonyl (C=O) groups excluding carboxylic acids is 2. The number of nitriles is 2. The van der Waals surface area contributed by atoms with Gasteiger partial charge >= 0.3 is 6.18 Å². The summed E-state index contributed by atoms with van der Waals surface area (Å²) in [7, 11) is 0. The van der Waals surface area contributed by atoms with E-state index in [4.69, 9.17) is 10.5 Å². The van der Waals surface area contributed by atoms with Crippen molar-refractivity contribution in [3.05, 3.63) is 70.3 Å². The number of carbonyl (C=O) groups is 2. The molecule has 2 aromatic carbocycles. The molecule has 0 aliphatic carbocycles. The van der Waals surface area contributed by atoms with Gasteiger partial charge in [-0.05, 0) is 36.2 Å². The number of rotatable bonds is 5. The monoisotopic (exact) mass is 399 g/mol. The maximum Gasteiger partial charge on any atom is 0.417 e. The summed E-state index contributed by atoms with van der Waals surface area (Å²) >= 11 is 0. The van der Waals surface area contributed by atoms with Crippen molar-refractivity contribution in [1.29, 1.82) is 10.5 Å². The second-order valence-corrected chi connectivity index (χ2v) is 6.62. The summed E-state index contributed by atoms with van der Waals surface area (Å²) in [5, 5.41) is 20.1. The largest absolute Gasteiger partial charge is 0.417 e. The average Bonchev–Trinajstić information content (AvgIpc) is 2.69. The van der Waals surface area contributed by atoms with Gasteiger partial charge in [0.15, 0.2) is 5.78 Å². The second kappa shape index (κ2) is 8.57. The highest BCUT2D eigenvalue weighted by Gasteiger charge is 2.36. The molecule has 1 atom stereocenters. The van der Waals surface area contributed by atoms with E-state index in [-0.39, 0.29) is 11.1 Å². The molecule has 2 aromatic rings. The van der Waals surface area contributed by atoms with Crippen molar-refractivity contribution >= 4 is 11.7 Å². The van der Waals surface area contributed by atoms with E-state index in [1.165, 1.54) is 24.3 Å². The number of halogens is 3. The first kappa shape index (κ1) is 21.6. The van der Waals surface area contributed by atoms with Crippen LogP contribution in [-0.4, -0.2) is 17.7 Å². The van der Waals surface area contributed by atoms with Crippen LogP contribution in [-0.2, 0) is 6.18 Å². The highest BCUT2D eigenvalue weighted by molar-refractivity contribution is 6.05. The zero-order chi connectivity index (χ0) is 21.8. The predicted octanol–water partition coefficient (Wildman–Crippen LogP) is 4.09. The van der Waals surface area contributed by atoms with Gasteiger partial charge in [0.05, 0.1) is 40.4 Å². The number of nitrogens with one attached hydrogen (secondary N) is 1. The summed E-state index contributed by atoms with van der Waals surface area (Å²) in [5.41, 5.74) is -1.47. The number of ketones is 1. The number of nitrogens with zero attached hydrogens (tertiary/aromatic N) is 2. The zero-order valence-electron chi connectivity index (χ0n) is 15.5. The number of benzene rings is 2. The highest BCUT2D eigenvalue weighted by Crippen LogP contribution is 2.32. The Kier molecular flexibility index (Phi) is 6.40. The van der Waals surface area contributed by atoms with E-state index >= 15 is 0 Å². The van der Waals surface area contributed by atoms with Crippen LogP contribution in [0.5, 0.6) is 0 Å². The zero-order valence-corrected chi connectivity index (χ0v) is 15.5. The first-order valence-corrected chi connectivity index (χ1v) is 8.55. The summed E-state index contributed by atoms with van der Waals surface area (Å²) in [6, 6.07) is 10.7. The highest BCUT2D eigenvalue weighted by atomic mass is 19.4. The molecule has 1 N–H and O–H groups in total. The minimum atomic E-state index is -4.80. The van der Waals surface area contributed by atoms with E-state index in [1.54, 1.807) is 19.9 Å². The Hall–Kier alpha value is -3.65. The molecule has 0 spiro atoms. The summed E-state index contributed by atoms with van der Waals surface area (Å²) in [5.74, 6) is -2.02. The SMILES string of the molecule is CC(C)C(NC(=O)c1cc(C#N)ccc1C(F)(F)F)C(=O)c1ccc(C#N)cc1. The van der Waals surface area contributed by atoms with E-state index in [0.717, 1.165) is 12.1 Å². The quantitative estimate of drug-likeness (QED) is 0.767. The molecule has 1 amide bonds. The van der Waals surface area contributed by atoms with Crippen LogP contribution < -0.4 is 5.32 Å². The first-order valence-electron chi connectivity index (χ1n) is 8.55. The van der Waals surface area contributed by atoms with Crippen LogP contribution in [0.15, 0.2) is 42.5 Å². The van der Waals surface area contributed by atoms with Crippen LogP contribution in [0.1, 0.15) is 51.3 Å². The van der Waals surface area contributed by atoms with E-state index in [2.05, 4.69) is 5.32 Å². The number of Topliss-reactive ketones (excluding diaryl/α,β-unsaturated/α-hetero) is 1. The molecule has 8 heteroatoms. The molecule has 0 aromatic heterocycles. The molecule has 148 valence electrons. The van der Waals surface area contributed by atoms with Crippen molar-refractivity contribution in [1.82, 2.24) is 5.32 Å². The maximum atomic E-state index is 13.3. The van der Waals surface area contributed by atoms with Crippen molar-refractivity contribution in [3.63, 3.8) is 0 Å². The Balaban J connectivity index is 2.38. The van der Waals surface area contributed by atoms with Gasteiger partial charge in [-0.2, -0.15) is 23.7 Å². The van der Waals surface area contributed by atoms with Crippen molar-refractivity contribution < 1.29 is 22.8 Å². The number of alkyl halides is 3. The Morgan fingerprint density at radius 2 is 1.52 bits per heavy atom. The van der Waals surface area contributed by atoms with Gasteiger partial charge < -0.3 is 5.32 Å². The molecule has 0 saturated carbocycles. The molecule has 0 aliphatic heterocycles. The van der Waals surface area contributed by atoms with E-state index < -0.39 is 41.0 Å². The van der Waals surface area contributed by atoms with Gasteiger partial charge in [0.1, 0.15) is 0 Å². The summed E-state index contributed by atoms with van der Waals surface area (Å²) in [6.45, 7) is 3.28. The molecule has 1 unspecified atom stereocenters. The molecular formula is C21H16F3N3O2. The lowest BCUT2D eigenvalue weighted by Gasteiger charge is -2.22. The Labute approximate surface area is 165 Å². The Morgan fingerprint density at radius 3 is 2.00 bits per heavy atom. The normalized spacial score (nSPS) is 12.0. The van der Waals surface area contributed by atoms with Crippen molar-refractivity contribution in [2.45, 2.75) is 26.1 Å². The van der Waals surface area contributed by atoms with Crippen LogP contribution in [0.3, 0.4) is 0 Å². The smallest absolute Gasteiger partial charge is 0.342 e. The Morgan fingerprint density at radius 1 is 0.966 bits per heavy atom. The summed E-state index contributed by atoms with van der Waals surface area (Å²) < 4.78 is 39.8. The van der Waals surface area contributed by atoms with Crippen molar-refractivity contribution in [2.75, 3.05) is 0 Å². The van der Waals surface area contributed by atoms with Crippen LogP contribution in [0.25, 0.3) is 0 Å². The molecule has 0 fully saturated rings. The van der Waals surface area contributed by atoms with E-state index in [0.29, 0.717) is 11.6 Å². The fourth-order valence-corrected chi connectivity index (χ4v) is 2.69. The minimum Gasteiger partial charge on any atom is -0.342 e. The topological polar surface area (TPSA) is 93.8 Å². The van der Waals surface area contributed by atoms with Gasteiger partial charge in [-0.15, -0.1) is 0 Å². The van der Waals surface area contributed by atoms with Gasteiger partial charge in [0, 0.05) is 5.56 Å². The van der Waals surface area contributed by atoms with Crippen molar-refractivity contribution in [2.24, 2.45) is 5.92 Å². The molecule has 0 heterocycles. The molecule has 2 rings (SSSR count). The fraction of sp³-hybridized carbons (Fsp3) is 0.238. The molecule has 0 saturated heterocycles. The third-order valence-electron chi connectivity index (χ3n) is 4.23. The Bertz CT molecular complexity index is 1010. The third kappa shape index (κ3) is 4.99. The molecule has 0 bridgehead atoms. The molecule has 0 aliphatic rings. The van der Waals surface area contributed by atoms with Crippen LogP contribution in [0.2, 0.25) is 0 Å². The minimum absolute atomic E-state index is 0.109. The van der Waals surface area contributed by atoms with Gasteiger partial charge in [-0.1, -0.05) is 26.0 Å². The fourth-order valence-electron chi connectivity index (χ4n) is 2.69. The van der Waals surface area contributed by atoms with Gasteiger partial charge in [-0.3, -0.25) is 9.59 Å². The standard InChI is InChI=1S/C21H16F3N3O2/c1-12(2)18(19(28)15-6-3-13(10-25)4-7-15)27-20(29)16-9-14(11-26)5-8-17(16)21(22,23)24/h3-9,12,18H,1-2H3,(H,27,29). The number of hydrogen-bond acceptors (Lipinski definition) is 4. The van der Waals surface area contributed by atoms with Crippen molar-refractivity contribution in [3.8, 4) is 12.1 Å². The van der Waals surface area contributed by atoms with Gasteiger partial charge in [-0.25, -0.2) is 0 Å². The lowest BCUT2D eigenvalue weighted by Crippen LogP contribution is -2.45. The lowest BCUT2D eigenvalue weighted by atomic mass is 9.93. The van der Waals surface area contributed by atoms with Crippen LogP contribution >= 0.6 is 0 Å². The van der Waals surface area contributed by atoms with E-state index in [9.17, 15) is 22.8 Å². The molecule has 29 heavy (non-hydrogen) atoms. The second-order valence-electron chi connectivity index (χ2n) is 6.62. The van der Waals surface area contributed by atoms with Crippen LogP contribution in [0, 0.1) is 28.6 Å². The number of hydrogen-bond donors (Lipinski definition) is 1. The molecular weight excluding hydrogens is 383 g/mol. The maximum absolute atomic E-state index is 13.3. The summed E-state index contributed by atoms with van der Waals surface area (Å²) in [4.78, 5) is 25.4. The third-order valence-corrected chi connectivity index (χ3v) is 4.23. The van der Waals surface area contributed by atoms with Crippen LogP contribution in [0.4, 0.5) is 13.2 Å². The summed E-state index contributed by atoms with van der Waals surface area (Å²) in [6.07, 6.45) is -4.80. The molecule has 5 nitrogen and oxygen atoms in total. The first-order chi connectivity index (χ1) is 13.6. The molecule has 0 radical (unpaired) electrons.